The Kier molecular flexibility index (Phi) is 8.04. The van der Waals surface area contributed by atoms with Crippen molar-refractivity contribution < 1.29 is 0 Å². The molecule has 0 bridgehead atoms. The van der Waals surface area contributed by atoms with Crippen molar-refractivity contribution in [2.45, 2.75) is 73.0 Å². The fourth-order valence-corrected chi connectivity index (χ4v) is 2.34. The largest absolute Gasteiger partial charge is 0.312 e. The Morgan fingerprint density at radius 3 is 1.75 bits per heavy atom. The predicted octanol–water partition coefficient (Wildman–Crippen LogP) is 3.13. The van der Waals surface area contributed by atoms with E-state index in [9.17, 15) is 0 Å². The molecule has 0 aromatic carbocycles. The van der Waals surface area contributed by atoms with Crippen molar-refractivity contribution in [3.63, 3.8) is 0 Å². The first kappa shape index (κ1) is 15.9. The zero-order valence-corrected chi connectivity index (χ0v) is 12.4. The average Bonchev–Trinajstić information content (AvgIpc) is 2.15. The fourth-order valence-electron chi connectivity index (χ4n) is 2.34. The van der Waals surface area contributed by atoms with E-state index in [-0.39, 0.29) is 0 Å². The lowest BCUT2D eigenvalue weighted by Gasteiger charge is -2.31. The summed E-state index contributed by atoms with van der Waals surface area (Å²) in [5, 5.41) is 3.67. The van der Waals surface area contributed by atoms with Crippen molar-refractivity contribution in [2.24, 2.45) is 5.92 Å². The van der Waals surface area contributed by atoms with Gasteiger partial charge in [0.2, 0.25) is 0 Å². The maximum Gasteiger partial charge on any atom is 0.0112 e. The standard InChI is InChI=1S/C14H32N2/c1-8-14(11(2)3)15-9-10-16(12(4)5)13(6)7/h11-15H,8-10H2,1-7H3. The van der Waals surface area contributed by atoms with Crippen LogP contribution in [0.2, 0.25) is 0 Å². The molecule has 0 aliphatic heterocycles. The average molecular weight is 228 g/mol. The molecule has 0 rings (SSSR count). The lowest BCUT2D eigenvalue weighted by atomic mass is 10.0. The van der Waals surface area contributed by atoms with E-state index in [4.69, 9.17) is 0 Å². The van der Waals surface area contributed by atoms with Crippen LogP contribution in [0.1, 0.15) is 54.9 Å². The van der Waals surface area contributed by atoms with Crippen molar-refractivity contribution in [1.82, 2.24) is 10.2 Å². The molecule has 1 unspecified atom stereocenters. The maximum atomic E-state index is 3.67. The van der Waals surface area contributed by atoms with E-state index < -0.39 is 0 Å². The molecular weight excluding hydrogens is 196 g/mol. The van der Waals surface area contributed by atoms with Crippen LogP contribution in [-0.4, -0.2) is 36.1 Å². The van der Waals surface area contributed by atoms with Crippen LogP contribution < -0.4 is 5.32 Å². The second-order valence-electron chi connectivity index (χ2n) is 5.64. The summed E-state index contributed by atoms with van der Waals surface area (Å²) < 4.78 is 0. The number of rotatable bonds is 8. The normalized spacial score (nSPS) is 14.4. The van der Waals surface area contributed by atoms with E-state index in [2.05, 4.69) is 58.7 Å². The van der Waals surface area contributed by atoms with Crippen LogP contribution in [-0.2, 0) is 0 Å². The molecule has 0 spiro atoms. The highest BCUT2D eigenvalue weighted by atomic mass is 15.2. The van der Waals surface area contributed by atoms with Gasteiger partial charge in [0, 0.05) is 31.2 Å². The molecule has 0 saturated heterocycles. The molecule has 1 N–H and O–H groups in total. The van der Waals surface area contributed by atoms with Gasteiger partial charge in [-0.3, -0.25) is 4.90 Å². The van der Waals surface area contributed by atoms with Gasteiger partial charge in [-0.1, -0.05) is 20.8 Å². The molecule has 98 valence electrons. The minimum Gasteiger partial charge on any atom is -0.312 e. The fraction of sp³-hybridized carbons (Fsp3) is 1.00. The lowest BCUT2D eigenvalue weighted by Crippen LogP contribution is -2.44. The Balaban J connectivity index is 3.94. The summed E-state index contributed by atoms with van der Waals surface area (Å²) in [6, 6.07) is 1.95. The molecule has 0 aromatic rings. The summed E-state index contributed by atoms with van der Waals surface area (Å²) in [6.45, 7) is 18.2. The molecule has 0 aliphatic carbocycles. The Labute approximate surface area is 103 Å². The van der Waals surface area contributed by atoms with Crippen LogP contribution >= 0.6 is 0 Å². The van der Waals surface area contributed by atoms with Gasteiger partial charge in [-0.05, 0) is 40.0 Å². The Morgan fingerprint density at radius 2 is 1.44 bits per heavy atom. The zero-order chi connectivity index (χ0) is 12.7. The van der Waals surface area contributed by atoms with Gasteiger partial charge in [0.25, 0.3) is 0 Å². The first-order valence-corrected chi connectivity index (χ1v) is 6.89. The first-order valence-electron chi connectivity index (χ1n) is 6.89. The third-order valence-corrected chi connectivity index (χ3v) is 3.35. The molecule has 16 heavy (non-hydrogen) atoms. The maximum absolute atomic E-state index is 3.67. The third-order valence-electron chi connectivity index (χ3n) is 3.35. The SMILES string of the molecule is CCC(NCCN(C(C)C)C(C)C)C(C)C. The quantitative estimate of drug-likeness (QED) is 0.686. The highest BCUT2D eigenvalue weighted by Gasteiger charge is 2.14. The first-order chi connectivity index (χ1) is 7.40. The van der Waals surface area contributed by atoms with Crippen molar-refractivity contribution >= 4 is 0 Å². The van der Waals surface area contributed by atoms with Crippen LogP contribution in [0, 0.1) is 5.92 Å². The van der Waals surface area contributed by atoms with Crippen LogP contribution in [0.5, 0.6) is 0 Å². The van der Waals surface area contributed by atoms with E-state index in [1.54, 1.807) is 0 Å². The van der Waals surface area contributed by atoms with E-state index in [0.717, 1.165) is 19.0 Å². The van der Waals surface area contributed by atoms with Gasteiger partial charge in [0.05, 0.1) is 0 Å². The predicted molar refractivity (Wildman–Crippen MR) is 73.9 cm³/mol. The molecule has 0 aromatic heterocycles. The lowest BCUT2D eigenvalue weighted by molar-refractivity contribution is 0.171. The zero-order valence-electron chi connectivity index (χ0n) is 12.4. The summed E-state index contributed by atoms with van der Waals surface area (Å²) in [6.07, 6.45) is 1.22. The highest BCUT2D eigenvalue weighted by Crippen LogP contribution is 2.06. The molecule has 0 heterocycles. The minimum absolute atomic E-state index is 0.640. The minimum atomic E-state index is 0.640. The third kappa shape index (κ3) is 5.86. The van der Waals surface area contributed by atoms with Gasteiger partial charge < -0.3 is 5.32 Å². The van der Waals surface area contributed by atoms with Crippen molar-refractivity contribution in [1.29, 1.82) is 0 Å². The van der Waals surface area contributed by atoms with Crippen LogP contribution in [0.3, 0.4) is 0 Å². The van der Waals surface area contributed by atoms with Crippen molar-refractivity contribution in [3.05, 3.63) is 0 Å². The van der Waals surface area contributed by atoms with E-state index >= 15 is 0 Å². The van der Waals surface area contributed by atoms with Gasteiger partial charge in [-0.15, -0.1) is 0 Å². The van der Waals surface area contributed by atoms with Crippen LogP contribution in [0.4, 0.5) is 0 Å². The molecule has 0 aliphatic rings. The summed E-state index contributed by atoms with van der Waals surface area (Å²) in [7, 11) is 0. The number of hydrogen-bond acceptors (Lipinski definition) is 2. The van der Waals surface area contributed by atoms with Crippen molar-refractivity contribution in [2.75, 3.05) is 13.1 Å². The molecular formula is C14H32N2. The molecule has 0 radical (unpaired) electrons. The highest BCUT2D eigenvalue weighted by molar-refractivity contribution is 4.72. The summed E-state index contributed by atoms with van der Waals surface area (Å²) in [5.74, 6) is 0.733. The van der Waals surface area contributed by atoms with E-state index in [0.29, 0.717) is 18.1 Å². The van der Waals surface area contributed by atoms with Gasteiger partial charge in [0.15, 0.2) is 0 Å². The Hall–Kier alpha value is -0.0800. The van der Waals surface area contributed by atoms with Gasteiger partial charge >= 0.3 is 0 Å². The van der Waals surface area contributed by atoms with E-state index in [1.165, 1.54) is 6.42 Å². The van der Waals surface area contributed by atoms with Crippen LogP contribution in [0.25, 0.3) is 0 Å². The summed E-state index contributed by atoms with van der Waals surface area (Å²) in [5.41, 5.74) is 0. The summed E-state index contributed by atoms with van der Waals surface area (Å²) in [4.78, 5) is 2.54. The Bertz CT molecular complexity index is 156. The molecule has 0 fully saturated rings. The number of nitrogens with zero attached hydrogens (tertiary/aromatic N) is 1. The number of hydrogen-bond donors (Lipinski definition) is 1. The Morgan fingerprint density at radius 1 is 0.938 bits per heavy atom. The van der Waals surface area contributed by atoms with Gasteiger partial charge in [-0.2, -0.15) is 0 Å². The summed E-state index contributed by atoms with van der Waals surface area (Å²) >= 11 is 0. The van der Waals surface area contributed by atoms with Crippen molar-refractivity contribution in [3.8, 4) is 0 Å². The molecule has 0 saturated carbocycles. The molecule has 0 amide bonds. The van der Waals surface area contributed by atoms with Crippen LogP contribution in [0.15, 0.2) is 0 Å². The molecule has 2 heteroatoms. The monoisotopic (exact) mass is 228 g/mol. The van der Waals surface area contributed by atoms with Gasteiger partial charge in [0.1, 0.15) is 0 Å². The molecule has 1 atom stereocenters. The second kappa shape index (κ2) is 8.08. The number of nitrogens with one attached hydrogen (secondary N) is 1. The second-order valence-corrected chi connectivity index (χ2v) is 5.64. The molecule has 2 nitrogen and oxygen atoms in total. The topological polar surface area (TPSA) is 15.3 Å². The van der Waals surface area contributed by atoms with Gasteiger partial charge in [-0.25, -0.2) is 0 Å². The smallest absolute Gasteiger partial charge is 0.0112 e. The van der Waals surface area contributed by atoms with E-state index in [1.807, 2.05) is 0 Å².